The lowest BCUT2D eigenvalue weighted by molar-refractivity contribution is -0.404. The lowest BCUT2D eigenvalue weighted by atomic mass is 10.2. The Hall–Kier alpha value is -1.71. The van der Waals surface area contributed by atoms with Gasteiger partial charge < -0.3 is 24.7 Å². The van der Waals surface area contributed by atoms with E-state index in [9.17, 15) is 10.1 Å². The van der Waals surface area contributed by atoms with Crippen LogP contribution < -0.4 is 10.6 Å². The summed E-state index contributed by atoms with van der Waals surface area (Å²) in [6.07, 6.45) is 0.918. The molecule has 136 valence electrons. The summed E-state index contributed by atoms with van der Waals surface area (Å²) in [6, 6.07) is 2.04. The Balaban J connectivity index is 2.43. The highest BCUT2D eigenvalue weighted by Gasteiger charge is 2.12. The smallest absolute Gasteiger partial charge is 0.274 e. The molecule has 0 amide bonds. The molecule has 0 atom stereocenters. The van der Waals surface area contributed by atoms with Crippen molar-refractivity contribution in [2.24, 2.45) is 0 Å². The molecule has 0 bridgehead atoms. The quantitative estimate of drug-likeness (QED) is 0.331. The second kappa shape index (κ2) is 11.0. The number of nitro groups is 1. The number of ether oxygens (including phenoxy) is 1. The number of methoxy groups -OCH3 is 1. The molecule has 0 fully saturated rings. The van der Waals surface area contributed by atoms with Crippen molar-refractivity contribution in [1.82, 2.24) is 15.5 Å². The van der Waals surface area contributed by atoms with E-state index in [0.717, 1.165) is 41.3 Å². The van der Waals surface area contributed by atoms with Crippen molar-refractivity contribution < 1.29 is 14.1 Å². The van der Waals surface area contributed by atoms with Gasteiger partial charge in [0.05, 0.1) is 23.8 Å². The highest BCUT2D eigenvalue weighted by molar-refractivity contribution is 7.98. The van der Waals surface area contributed by atoms with Gasteiger partial charge in [-0.1, -0.05) is 0 Å². The second-order valence-corrected chi connectivity index (χ2v) is 6.49. The predicted octanol–water partition coefficient (Wildman–Crippen LogP) is 1.61. The van der Waals surface area contributed by atoms with E-state index in [2.05, 4.69) is 15.5 Å². The summed E-state index contributed by atoms with van der Waals surface area (Å²) >= 11 is 1.70. The molecule has 0 radical (unpaired) electrons. The summed E-state index contributed by atoms with van der Waals surface area (Å²) in [6.45, 7) is 1.90. The van der Waals surface area contributed by atoms with Crippen LogP contribution in [0, 0.1) is 10.1 Å². The van der Waals surface area contributed by atoms with E-state index in [4.69, 9.17) is 9.15 Å². The van der Waals surface area contributed by atoms with Crippen LogP contribution in [0.2, 0.25) is 0 Å². The maximum atomic E-state index is 10.4. The molecule has 0 saturated carbocycles. The summed E-state index contributed by atoms with van der Waals surface area (Å²) in [7, 11) is 7.31. The molecule has 1 heterocycles. The maximum absolute atomic E-state index is 10.4. The maximum Gasteiger partial charge on any atom is 0.274 e. The lowest BCUT2D eigenvalue weighted by Gasteiger charge is -2.08. The van der Waals surface area contributed by atoms with Gasteiger partial charge in [0.1, 0.15) is 11.5 Å². The minimum atomic E-state index is -0.488. The summed E-state index contributed by atoms with van der Waals surface area (Å²) in [5.41, 5.74) is 1.08. The molecule has 0 aliphatic heterocycles. The van der Waals surface area contributed by atoms with Gasteiger partial charge in [0.25, 0.3) is 6.20 Å². The molecule has 0 spiro atoms. The fourth-order valence-corrected chi connectivity index (χ4v) is 2.77. The monoisotopic (exact) mass is 358 g/mol. The number of hydrogen-bond acceptors (Lipinski definition) is 8. The highest BCUT2D eigenvalue weighted by Crippen LogP contribution is 2.21. The van der Waals surface area contributed by atoms with Gasteiger partial charge in [0.15, 0.2) is 5.82 Å². The largest absolute Gasteiger partial charge is 0.463 e. The zero-order valence-electron chi connectivity index (χ0n) is 14.6. The Labute approximate surface area is 146 Å². The number of hydrogen-bond donors (Lipinski definition) is 2. The van der Waals surface area contributed by atoms with Crippen molar-refractivity contribution in [2.75, 3.05) is 40.6 Å². The van der Waals surface area contributed by atoms with E-state index in [-0.39, 0.29) is 0 Å². The molecule has 1 aromatic heterocycles. The van der Waals surface area contributed by atoms with Gasteiger partial charge in [-0.2, -0.15) is 11.8 Å². The number of nitrogens with zero attached hydrogens (tertiary/aromatic N) is 2. The molecular weight excluding hydrogens is 332 g/mol. The Bertz CT molecular complexity index is 546. The average Bonchev–Trinajstić information content (AvgIpc) is 2.86. The molecule has 0 aliphatic carbocycles. The van der Waals surface area contributed by atoms with Crippen molar-refractivity contribution in [3.05, 3.63) is 45.3 Å². The third-order valence-corrected chi connectivity index (χ3v) is 4.00. The lowest BCUT2D eigenvalue weighted by Crippen LogP contribution is -2.26. The number of furan rings is 1. The molecule has 0 aliphatic rings. The number of rotatable bonds is 12. The van der Waals surface area contributed by atoms with E-state index in [1.54, 1.807) is 25.9 Å². The van der Waals surface area contributed by atoms with E-state index < -0.39 is 4.92 Å². The van der Waals surface area contributed by atoms with Crippen LogP contribution in [0.3, 0.4) is 0 Å². The van der Waals surface area contributed by atoms with Gasteiger partial charge in [-0.25, -0.2) is 0 Å². The second-order valence-electron chi connectivity index (χ2n) is 5.39. The molecule has 24 heavy (non-hydrogen) atoms. The Morgan fingerprint density at radius 2 is 2.29 bits per heavy atom. The Morgan fingerprint density at radius 3 is 2.88 bits per heavy atom. The average molecular weight is 358 g/mol. The van der Waals surface area contributed by atoms with Gasteiger partial charge in [-0.05, 0) is 20.2 Å². The van der Waals surface area contributed by atoms with Crippen LogP contribution in [-0.2, 0) is 23.6 Å². The molecular formula is C15H26N4O4S. The van der Waals surface area contributed by atoms with Crippen LogP contribution in [0.15, 0.2) is 22.5 Å². The first-order valence-electron chi connectivity index (χ1n) is 7.55. The first-order valence-corrected chi connectivity index (χ1v) is 8.70. The third kappa shape index (κ3) is 7.71. The van der Waals surface area contributed by atoms with E-state index in [1.807, 2.05) is 20.2 Å². The van der Waals surface area contributed by atoms with Crippen molar-refractivity contribution in [3.8, 4) is 0 Å². The van der Waals surface area contributed by atoms with Crippen LogP contribution in [-0.4, -0.2) is 50.4 Å². The van der Waals surface area contributed by atoms with E-state index in [0.29, 0.717) is 19.0 Å². The van der Waals surface area contributed by atoms with Gasteiger partial charge in [0.2, 0.25) is 0 Å². The third-order valence-electron chi connectivity index (χ3n) is 3.02. The molecule has 0 unspecified atom stereocenters. The van der Waals surface area contributed by atoms with Crippen molar-refractivity contribution in [1.29, 1.82) is 0 Å². The van der Waals surface area contributed by atoms with Crippen LogP contribution in [0.25, 0.3) is 0 Å². The van der Waals surface area contributed by atoms with Crippen molar-refractivity contribution in [2.45, 2.75) is 18.9 Å². The molecule has 1 aromatic rings. The topological polar surface area (TPSA) is 92.8 Å². The zero-order valence-corrected chi connectivity index (χ0v) is 15.4. The molecule has 8 nitrogen and oxygen atoms in total. The zero-order chi connectivity index (χ0) is 17.9. The minimum Gasteiger partial charge on any atom is -0.463 e. The summed E-state index contributed by atoms with van der Waals surface area (Å²) in [5, 5.41) is 16.2. The normalized spacial score (nSPS) is 11.8. The molecule has 0 saturated heterocycles. The summed E-state index contributed by atoms with van der Waals surface area (Å²) in [4.78, 5) is 12.0. The van der Waals surface area contributed by atoms with E-state index >= 15 is 0 Å². The standard InChI is InChI=1S/C15H26N4O4S/c1-16-15(9-19(20)21)17-5-6-24-11-13-7-12(10-22-4)14(23-13)8-18(2)3/h7,9,16-17H,5-6,8,10-11H2,1-4H3. The van der Waals surface area contributed by atoms with Gasteiger partial charge in [0, 0.05) is 32.0 Å². The van der Waals surface area contributed by atoms with Crippen LogP contribution in [0.4, 0.5) is 0 Å². The molecule has 1 rings (SSSR count). The van der Waals surface area contributed by atoms with Crippen molar-refractivity contribution >= 4 is 11.8 Å². The fraction of sp³-hybridized carbons (Fsp3) is 0.600. The van der Waals surface area contributed by atoms with Gasteiger partial charge >= 0.3 is 0 Å². The fourth-order valence-electron chi connectivity index (χ4n) is 2.03. The van der Waals surface area contributed by atoms with Gasteiger partial charge in [-0.15, -0.1) is 0 Å². The van der Waals surface area contributed by atoms with Crippen LogP contribution in [0.1, 0.15) is 17.1 Å². The Kier molecular flexibility index (Phi) is 9.28. The number of thioether (sulfide) groups is 1. The number of nitrogens with one attached hydrogen (secondary N) is 2. The first kappa shape index (κ1) is 20.3. The molecule has 9 heteroatoms. The van der Waals surface area contributed by atoms with Crippen molar-refractivity contribution in [3.63, 3.8) is 0 Å². The Morgan fingerprint density at radius 1 is 1.54 bits per heavy atom. The summed E-state index contributed by atoms with van der Waals surface area (Å²) < 4.78 is 11.1. The highest BCUT2D eigenvalue weighted by atomic mass is 32.2. The first-order chi connectivity index (χ1) is 11.5. The van der Waals surface area contributed by atoms with Crippen LogP contribution in [0.5, 0.6) is 0 Å². The molecule has 2 N–H and O–H groups in total. The molecule has 0 aromatic carbocycles. The van der Waals surface area contributed by atoms with E-state index in [1.165, 1.54) is 0 Å². The van der Waals surface area contributed by atoms with Crippen LogP contribution >= 0.6 is 11.8 Å². The summed E-state index contributed by atoms with van der Waals surface area (Å²) in [5.74, 6) is 3.80. The SMILES string of the molecule is CNC(=C[N+](=O)[O-])NCCSCc1cc(COC)c(CN(C)C)o1. The van der Waals surface area contributed by atoms with Gasteiger partial charge in [-0.3, -0.25) is 10.1 Å². The minimum absolute atomic E-state index is 0.397. The predicted molar refractivity (Wildman–Crippen MR) is 95.1 cm³/mol.